The summed E-state index contributed by atoms with van der Waals surface area (Å²) in [5.41, 5.74) is 13.7. The summed E-state index contributed by atoms with van der Waals surface area (Å²) in [5, 5.41) is 12.2. The van der Waals surface area contributed by atoms with Gasteiger partial charge in [0.05, 0.1) is 11.4 Å². The Bertz CT molecular complexity index is 1860. The molecular weight excluding hydrogens is 448 g/mol. The van der Waals surface area contributed by atoms with E-state index in [0.717, 1.165) is 49.9 Å². The molecule has 0 aliphatic heterocycles. The zero-order valence-electron chi connectivity index (χ0n) is 19.7. The van der Waals surface area contributed by atoms with Crippen LogP contribution < -0.4 is 11.4 Å². The largest absolute Gasteiger partial charge is 0.358 e. The van der Waals surface area contributed by atoms with E-state index in [0.29, 0.717) is 24.3 Å². The highest BCUT2D eigenvalue weighted by atomic mass is 16.1. The number of aryl methyl sites for hydroxylation is 1. The van der Waals surface area contributed by atoms with E-state index in [1.807, 2.05) is 73.7 Å². The first-order chi connectivity index (χ1) is 17.6. The molecule has 0 aliphatic carbocycles. The third-order valence-electron chi connectivity index (χ3n) is 6.82. The Morgan fingerprint density at radius 3 is 2.22 bits per heavy atom. The topological polar surface area (TPSA) is 119 Å². The molecule has 0 fully saturated rings. The molecule has 7 heteroatoms. The number of fused-ring (bicyclic) bond motifs is 2. The van der Waals surface area contributed by atoms with Gasteiger partial charge in [0.1, 0.15) is 6.07 Å². The van der Waals surface area contributed by atoms with Crippen molar-refractivity contribution < 1.29 is 0 Å². The van der Waals surface area contributed by atoms with Crippen LogP contribution in [0.4, 0.5) is 0 Å². The van der Waals surface area contributed by atoms with E-state index < -0.39 is 0 Å². The number of nitrogens with two attached hydrogens (primary N) is 1. The quantitative estimate of drug-likeness (QED) is 0.282. The number of para-hydroxylation sites is 2. The minimum Gasteiger partial charge on any atom is -0.358 e. The summed E-state index contributed by atoms with van der Waals surface area (Å²) in [7, 11) is 0. The fourth-order valence-corrected chi connectivity index (χ4v) is 5.22. The Kier molecular flexibility index (Phi) is 5.10. The molecule has 0 bridgehead atoms. The number of rotatable bonds is 5. The van der Waals surface area contributed by atoms with E-state index in [4.69, 9.17) is 5.73 Å². The highest BCUT2D eigenvalue weighted by molar-refractivity contribution is 5.98. The normalized spacial score (nSPS) is 11.4. The molecule has 3 aromatic heterocycles. The number of nitrogens with zero attached hydrogens (tertiary/aromatic N) is 2. The lowest BCUT2D eigenvalue weighted by molar-refractivity contribution is 0.965. The number of nitriles is 1. The van der Waals surface area contributed by atoms with E-state index in [2.05, 4.69) is 27.1 Å². The smallest absolute Gasteiger partial charge is 0.331 e. The third-order valence-corrected chi connectivity index (χ3v) is 6.82. The van der Waals surface area contributed by atoms with Gasteiger partial charge in [-0.3, -0.25) is 0 Å². The average molecular weight is 473 g/mol. The number of nitrogens with one attached hydrogen (secondary N) is 3. The van der Waals surface area contributed by atoms with Gasteiger partial charge in [-0.1, -0.05) is 60.7 Å². The van der Waals surface area contributed by atoms with Crippen molar-refractivity contribution in [2.75, 3.05) is 0 Å². The molecule has 176 valence electrons. The second kappa shape index (κ2) is 8.45. The number of H-pyrrole nitrogens is 3. The Balaban J connectivity index is 1.62. The molecule has 0 aliphatic rings. The van der Waals surface area contributed by atoms with Gasteiger partial charge in [-0.25, -0.2) is 9.36 Å². The van der Waals surface area contributed by atoms with Crippen LogP contribution in [0.3, 0.4) is 0 Å². The van der Waals surface area contributed by atoms with Gasteiger partial charge in [-0.05, 0) is 30.2 Å². The molecule has 3 heterocycles. The fraction of sp³-hybridized carbons (Fsp3) is 0.103. The van der Waals surface area contributed by atoms with E-state index in [-0.39, 0.29) is 11.4 Å². The van der Waals surface area contributed by atoms with Gasteiger partial charge in [-0.15, -0.1) is 0 Å². The lowest BCUT2D eigenvalue weighted by Gasteiger charge is -2.09. The number of aromatic nitrogens is 4. The van der Waals surface area contributed by atoms with E-state index in [1.165, 1.54) is 4.57 Å². The van der Waals surface area contributed by atoms with Crippen molar-refractivity contribution in [3.8, 4) is 23.0 Å². The number of aromatic amines is 3. The van der Waals surface area contributed by atoms with Crippen molar-refractivity contribution in [3.63, 3.8) is 0 Å². The van der Waals surface area contributed by atoms with Crippen molar-refractivity contribution >= 4 is 21.8 Å². The molecule has 0 atom stereocenters. The molecular formula is C29H24N6O. The average Bonchev–Trinajstić information content (AvgIpc) is 3.53. The molecule has 5 N–H and O–H groups in total. The summed E-state index contributed by atoms with van der Waals surface area (Å²) >= 11 is 0. The second-order valence-electron chi connectivity index (χ2n) is 8.92. The Labute approximate surface area is 206 Å². The van der Waals surface area contributed by atoms with Crippen LogP contribution >= 0.6 is 0 Å². The molecule has 7 nitrogen and oxygen atoms in total. The predicted octanol–water partition coefficient (Wildman–Crippen LogP) is 5.02. The van der Waals surface area contributed by atoms with Gasteiger partial charge >= 0.3 is 5.69 Å². The number of hydrogen-bond acceptors (Lipinski definition) is 3. The zero-order valence-corrected chi connectivity index (χ0v) is 19.7. The van der Waals surface area contributed by atoms with Gasteiger partial charge in [0, 0.05) is 51.7 Å². The lowest BCUT2D eigenvalue weighted by Crippen LogP contribution is -2.16. The molecule has 36 heavy (non-hydrogen) atoms. The SMILES string of the molecule is Cc1[nH]c2ccccc2c1-n1c(C#N)c(-c2c(Cc3ccccc3CN)[nH]c3ccccc23)[nH]c1=O. The number of imidazole rings is 1. The highest BCUT2D eigenvalue weighted by Crippen LogP contribution is 2.36. The standard InChI is InChI=1S/C29H24N6O/c1-17-28(21-11-5-7-13-23(21)32-17)35-25(16-31)27(34-29(35)36)26-20-10-4-6-12-22(20)33-24(26)14-18-8-2-3-9-19(18)15-30/h2-13,32-33H,14-15,30H2,1H3,(H,34,36). The van der Waals surface area contributed by atoms with Crippen LogP contribution in [-0.2, 0) is 13.0 Å². The first-order valence-corrected chi connectivity index (χ1v) is 11.8. The Morgan fingerprint density at radius 2 is 1.50 bits per heavy atom. The van der Waals surface area contributed by atoms with Crippen LogP contribution in [0.2, 0.25) is 0 Å². The molecule has 0 saturated heterocycles. The molecule has 0 spiro atoms. The minimum absolute atomic E-state index is 0.269. The van der Waals surface area contributed by atoms with Crippen LogP contribution in [0, 0.1) is 18.3 Å². The van der Waals surface area contributed by atoms with Crippen molar-refractivity contribution in [1.29, 1.82) is 5.26 Å². The molecule has 0 saturated carbocycles. The maximum absolute atomic E-state index is 13.4. The van der Waals surface area contributed by atoms with Crippen LogP contribution in [0.15, 0.2) is 77.6 Å². The Hall–Kier alpha value is -4.80. The van der Waals surface area contributed by atoms with Gasteiger partial charge < -0.3 is 20.7 Å². The Morgan fingerprint density at radius 1 is 0.861 bits per heavy atom. The lowest BCUT2D eigenvalue weighted by atomic mass is 9.98. The zero-order chi connectivity index (χ0) is 24.8. The van der Waals surface area contributed by atoms with Crippen molar-refractivity contribution in [2.24, 2.45) is 5.73 Å². The molecule has 3 aromatic carbocycles. The summed E-state index contributed by atoms with van der Waals surface area (Å²) in [6.45, 7) is 2.35. The summed E-state index contributed by atoms with van der Waals surface area (Å²) in [6.07, 6.45) is 0.585. The second-order valence-corrected chi connectivity index (χ2v) is 8.92. The first-order valence-electron chi connectivity index (χ1n) is 11.8. The highest BCUT2D eigenvalue weighted by Gasteiger charge is 2.25. The molecule has 0 unspecified atom stereocenters. The van der Waals surface area contributed by atoms with E-state index >= 15 is 0 Å². The van der Waals surface area contributed by atoms with Gasteiger partial charge in [-0.2, -0.15) is 5.26 Å². The molecule has 6 aromatic rings. The van der Waals surface area contributed by atoms with Crippen LogP contribution in [-0.4, -0.2) is 19.5 Å². The summed E-state index contributed by atoms with van der Waals surface area (Å²) in [4.78, 5) is 23.3. The fourth-order valence-electron chi connectivity index (χ4n) is 5.22. The van der Waals surface area contributed by atoms with Gasteiger partial charge in [0.15, 0.2) is 5.69 Å². The summed E-state index contributed by atoms with van der Waals surface area (Å²) in [6, 6.07) is 26.1. The van der Waals surface area contributed by atoms with Crippen LogP contribution in [0.5, 0.6) is 0 Å². The maximum Gasteiger partial charge on any atom is 0.331 e. The third kappa shape index (κ3) is 3.28. The molecule has 0 amide bonds. The minimum atomic E-state index is -0.354. The number of benzene rings is 3. The molecule has 6 rings (SSSR count). The van der Waals surface area contributed by atoms with Crippen molar-refractivity contribution in [2.45, 2.75) is 19.9 Å². The van der Waals surface area contributed by atoms with Crippen molar-refractivity contribution in [1.82, 2.24) is 19.5 Å². The van der Waals surface area contributed by atoms with Gasteiger partial charge in [0.2, 0.25) is 0 Å². The van der Waals surface area contributed by atoms with Crippen LogP contribution in [0.1, 0.15) is 28.2 Å². The first kappa shape index (κ1) is 21.7. The van der Waals surface area contributed by atoms with Gasteiger partial charge in [0.25, 0.3) is 0 Å². The molecule has 0 radical (unpaired) electrons. The van der Waals surface area contributed by atoms with Crippen LogP contribution in [0.25, 0.3) is 38.8 Å². The van der Waals surface area contributed by atoms with E-state index in [1.54, 1.807) is 0 Å². The predicted molar refractivity (Wildman–Crippen MR) is 142 cm³/mol. The number of hydrogen-bond donors (Lipinski definition) is 4. The van der Waals surface area contributed by atoms with E-state index in [9.17, 15) is 10.1 Å². The summed E-state index contributed by atoms with van der Waals surface area (Å²) < 4.78 is 1.49. The summed E-state index contributed by atoms with van der Waals surface area (Å²) in [5.74, 6) is 0. The van der Waals surface area contributed by atoms with Crippen molar-refractivity contribution in [3.05, 3.63) is 111 Å². The maximum atomic E-state index is 13.4. The monoisotopic (exact) mass is 472 g/mol.